The molecule has 0 amide bonds. The summed E-state index contributed by atoms with van der Waals surface area (Å²) in [5.41, 5.74) is 1.80. The van der Waals surface area contributed by atoms with Crippen LogP contribution in [0.2, 0.25) is 0 Å². The average Bonchev–Trinajstić information content (AvgIpc) is 2.59. The van der Waals surface area contributed by atoms with Crippen molar-refractivity contribution in [2.45, 2.75) is 12.3 Å². The van der Waals surface area contributed by atoms with Crippen molar-refractivity contribution in [2.75, 3.05) is 7.11 Å². The first-order valence-corrected chi connectivity index (χ1v) is 7.52. The van der Waals surface area contributed by atoms with Crippen LogP contribution in [-0.4, -0.2) is 18.2 Å². The predicted molar refractivity (Wildman–Crippen MR) is 91.0 cm³/mol. The van der Waals surface area contributed by atoms with E-state index >= 15 is 0 Å². The molecule has 23 heavy (non-hydrogen) atoms. The first kappa shape index (κ1) is 15.1. The number of carboxylic acid groups (broad SMARTS) is 1. The van der Waals surface area contributed by atoms with Gasteiger partial charge in [-0.25, -0.2) is 0 Å². The van der Waals surface area contributed by atoms with Crippen molar-refractivity contribution in [2.24, 2.45) is 0 Å². The summed E-state index contributed by atoms with van der Waals surface area (Å²) in [6, 6.07) is 21.4. The van der Waals surface area contributed by atoms with Gasteiger partial charge in [-0.1, -0.05) is 54.6 Å². The summed E-state index contributed by atoms with van der Waals surface area (Å²) >= 11 is 0. The number of benzene rings is 3. The summed E-state index contributed by atoms with van der Waals surface area (Å²) in [5.74, 6) is -0.601. The molecule has 3 nitrogen and oxygen atoms in total. The maximum Gasteiger partial charge on any atom is 0.311 e. The number of methoxy groups -OCH3 is 1. The van der Waals surface area contributed by atoms with E-state index in [4.69, 9.17) is 4.74 Å². The van der Waals surface area contributed by atoms with Gasteiger partial charge in [0.25, 0.3) is 0 Å². The standard InChI is InChI=1S/C20H18O3/c1-23-18-10-6-14(7-11-18)12-19(20(21)22)17-9-8-15-4-2-3-5-16(15)13-17/h2-11,13,19H,12H2,1H3,(H,21,22). The zero-order valence-corrected chi connectivity index (χ0v) is 12.9. The molecule has 0 heterocycles. The molecule has 3 aromatic carbocycles. The first-order valence-electron chi connectivity index (χ1n) is 7.52. The van der Waals surface area contributed by atoms with Crippen molar-refractivity contribution in [3.05, 3.63) is 77.9 Å². The molecule has 0 aliphatic carbocycles. The Balaban J connectivity index is 1.91. The molecule has 1 N–H and O–H groups in total. The Morgan fingerprint density at radius 2 is 1.70 bits per heavy atom. The zero-order chi connectivity index (χ0) is 16.2. The molecule has 0 bridgehead atoms. The Morgan fingerprint density at radius 3 is 2.35 bits per heavy atom. The van der Waals surface area contributed by atoms with Gasteiger partial charge in [-0.3, -0.25) is 4.79 Å². The van der Waals surface area contributed by atoms with Crippen LogP contribution in [0.15, 0.2) is 66.7 Å². The largest absolute Gasteiger partial charge is 0.497 e. The highest BCUT2D eigenvalue weighted by Gasteiger charge is 2.20. The third kappa shape index (κ3) is 3.34. The van der Waals surface area contributed by atoms with E-state index in [1.807, 2.05) is 66.7 Å². The number of carbonyl (C=O) groups is 1. The van der Waals surface area contributed by atoms with Gasteiger partial charge >= 0.3 is 5.97 Å². The van der Waals surface area contributed by atoms with Gasteiger partial charge in [-0.2, -0.15) is 0 Å². The van der Waals surface area contributed by atoms with Crippen molar-refractivity contribution in [1.82, 2.24) is 0 Å². The topological polar surface area (TPSA) is 46.5 Å². The number of hydrogen-bond acceptors (Lipinski definition) is 2. The van der Waals surface area contributed by atoms with Gasteiger partial charge in [-0.15, -0.1) is 0 Å². The number of aliphatic carboxylic acids is 1. The molecular formula is C20H18O3. The molecule has 0 aliphatic heterocycles. The molecule has 3 heteroatoms. The van der Waals surface area contributed by atoms with Crippen molar-refractivity contribution in [3.8, 4) is 5.75 Å². The van der Waals surface area contributed by atoms with Gasteiger partial charge < -0.3 is 9.84 Å². The molecule has 0 fully saturated rings. The van der Waals surface area contributed by atoms with E-state index in [-0.39, 0.29) is 0 Å². The van der Waals surface area contributed by atoms with Crippen LogP contribution in [-0.2, 0) is 11.2 Å². The molecule has 0 saturated carbocycles. The first-order chi connectivity index (χ1) is 11.2. The van der Waals surface area contributed by atoms with Crippen LogP contribution in [0.1, 0.15) is 17.0 Å². The van der Waals surface area contributed by atoms with Crippen LogP contribution < -0.4 is 4.74 Å². The Labute approximate surface area is 135 Å². The van der Waals surface area contributed by atoms with Crippen molar-refractivity contribution in [1.29, 1.82) is 0 Å². The van der Waals surface area contributed by atoms with E-state index in [0.29, 0.717) is 6.42 Å². The number of rotatable bonds is 5. The van der Waals surface area contributed by atoms with Gasteiger partial charge in [0.05, 0.1) is 13.0 Å². The summed E-state index contributed by atoms with van der Waals surface area (Å²) in [5, 5.41) is 11.8. The van der Waals surface area contributed by atoms with Gasteiger partial charge in [0, 0.05) is 0 Å². The SMILES string of the molecule is COc1ccc(CC(C(=O)O)c2ccc3ccccc3c2)cc1. The molecule has 0 spiro atoms. The molecule has 0 aromatic heterocycles. The third-order valence-electron chi connectivity index (χ3n) is 4.07. The second-order valence-corrected chi connectivity index (χ2v) is 5.55. The van der Waals surface area contributed by atoms with Crippen LogP contribution in [0, 0.1) is 0 Å². The summed E-state index contributed by atoms with van der Waals surface area (Å²) in [6.45, 7) is 0. The maximum atomic E-state index is 11.7. The number of carboxylic acids is 1. The van der Waals surface area contributed by atoms with Gasteiger partial charge in [0.15, 0.2) is 0 Å². The van der Waals surface area contributed by atoms with E-state index < -0.39 is 11.9 Å². The van der Waals surface area contributed by atoms with Crippen molar-refractivity contribution in [3.63, 3.8) is 0 Å². The highest BCUT2D eigenvalue weighted by Crippen LogP contribution is 2.26. The Hall–Kier alpha value is -2.81. The summed E-state index contributed by atoms with van der Waals surface area (Å²) in [4.78, 5) is 11.7. The van der Waals surface area contributed by atoms with Crippen molar-refractivity contribution >= 4 is 16.7 Å². The lowest BCUT2D eigenvalue weighted by Crippen LogP contribution is -2.14. The van der Waals surface area contributed by atoms with Crippen LogP contribution in [0.25, 0.3) is 10.8 Å². The second-order valence-electron chi connectivity index (χ2n) is 5.55. The number of ether oxygens (including phenoxy) is 1. The minimum absolute atomic E-state index is 0.456. The summed E-state index contributed by atoms with van der Waals surface area (Å²) < 4.78 is 5.14. The fourth-order valence-electron chi connectivity index (χ4n) is 2.77. The molecule has 116 valence electrons. The fourth-order valence-corrected chi connectivity index (χ4v) is 2.77. The molecular weight excluding hydrogens is 288 g/mol. The Kier molecular flexibility index (Phi) is 4.29. The van der Waals surface area contributed by atoms with E-state index in [1.54, 1.807) is 7.11 Å². The van der Waals surface area contributed by atoms with E-state index in [0.717, 1.165) is 27.6 Å². The molecule has 1 atom stereocenters. The molecule has 3 aromatic rings. The van der Waals surface area contributed by atoms with E-state index in [2.05, 4.69) is 0 Å². The minimum Gasteiger partial charge on any atom is -0.497 e. The third-order valence-corrected chi connectivity index (χ3v) is 4.07. The smallest absolute Gasteiger partial charge is 0.311 e. The van der Waals surface area contributed by atoms with Crippen molar-refractivity contribution < 1.29 is 14.6 Å². The summed E-state index contributed by atoms with van der Waals surface area (Å²) in [7, 11) is 1.62. The highest BCUT2D eigenvalue weighted by atomic mass is 16.5. The fraction of sp³-hybridized carbons (Fsp3) is 0.150. The lowest BCUT2D eigenvalue weighted by molar-refractivity contribution is -0.138. The van der Waals surface area contributed by atoms with Gasteiger partial charge in [0.2, 0.25) is 0 Å². The average molecular weight is 306 g/mol. The molecule has 0 saturated heterocycles. The Morgan fingerprint density at radius 1 is 1.00 bits per heavy atom. The summed E-state index contributed by atoms with van der Waals surface area (Å²) in [6.07, 6.45) is 0.456. The van der Waals surface area contributed by atoms with Gasteiger partial charge in [-0.05, 0) is 40.5 Å². The van der Waals surface area contributed by atoms with Crippen LogP contribution >= 0.6 is 0 Å². The lowest BCUT2D eigenvalue weighted by Gasteiger charge is -2.14. The molecule has 0 radical (unpaired) electrons. The molecule has 0 aliphatic rings. The van der Waals surface area contributed by atoms with E-state index in [1.165, 1.54) is 0 Å². The van der Waals surface area contributed by atoms with E-state index in [9.17, 15) is 9.90 Å². The maximum absolute atomic E-state index is 11.7. The van der Waals surface area contributed by atoms with Crippen LogP contribution in [0.5, 0.6) is 5.75 Å². The normalized spacial score (nSPS) is 12.0. The monoisotopic (exact) mass is 306 g/mol. The second kappa shape index (κ2) is 6.53. The highest BCUT2D eigenvalue weighted by molar-refractivity contribution is 5.85. The van der Waals surface area contributed by atoms with Crippen LogP contribution in [0.3, 0.4) is 0 Å². The number of fused-ring (bicyclic) bond motifs is 1. The lowest BCUT2D eigenvalue weighted by atomic mass is 9.90. The molecule has 1 unspecified atom stereocenters. The number of hydrogen-bond donors (Lipinski definition) is 1. The van der Waals surface area contributed by atoms with Crippen LogP contribution in [0.4, 0.5) is 0 Å². The quantitative estimate of drug-likeness (QED) is 0.766. The minimum atomic E-state index is -0.809. The zero-order valence-electron chi connectivity index (χ0n) is 12.9. The van der Waals surface area contributed by atoms with Gasteiger partial charge in [0.1, 0.15) is 5.75 Å². The molecule has 3 rings (SSSR count). The Bertz CT molecular complexity index is 822. The predicted octanol–water partition coefficient (Wildman–Crippen LogP) is 4.26.